The van der Waals surface area contributed by atoms with Crippen molar-refractivity contribution in [2.45, 2.75) is 82.2 Å². The number of nitrogens with two attached hydrogens (primary N) is 1. The van der Waals surface area contributed by atoms with Crippen LogP contribution in [0.15, 0.2) is 109 Å². The van der Waals surface area contributed by atoms with Crippen LogP contribution >= 0.6 is 11.8 Å². The number of likely N-dealkylation sites (N-methyl/N-ethyl adjacent to an activating group) is 2. The number of thioether (sulfide) groups is 1. The van der Waals surface area contributed by atoms with Crippen molar-refractivity contribution in [2.24, 2.45) is 11.7 Å². The fourth-order valence-electron chi connectivity index (χ4n) is 8.46. The summed E-state index contributed by atoms with van der Waals surface area (Å²) in [4.78, 5) is 116. The van der Waals surface area contributed by atoms with Gasteiger partial charge < -0.3 is 57.7 Å². The highest BCUT2D eigenvalue weighted by molar-refractivity contribution is 7.98. The van der Waals surface area contributed by atoms with E-state index in [0.717, 1.165) is 21.4 Å². The minimum absolute atomic E-state index is 0.0132. The molecule has 5 rings (SSSR count). The van der Waals surface area contributed by atoms with Gasteiger partial charge >= 0.3 is 0 Å². The number of fused-ring (bicyclic) bond motifs is 1. The lowest BCUT2D eigenvalue weighted by Gasteiger charge is -2.29. The molecule has 0 bridgehead atoms. The molecule has 21 heteroatoms. The average molecular weight is 1060 g/mol. The molecule has 5 aromatic rings. The Morgan fingerprint density at radius 1 is 0.592 bits per heavy atom. The van der Waals surface area contributed by atoms with Crippen molar-refractivity contribution in [2.75, 3.05) is 46.2 Å². The van der Waals surface area contributed by atoms with Gasteiger partial charge in [0.1, 0.15) is 41.7 Å². The molecule has 0 aliphatic heterocycles. The molecule has 406 valence electrons. The van der Waals surface area contributed by atoms with Crippen LogP contribution in [0.4, 0.5) is 0 Å². The van der Waals surface area contributed by atoms with Gasteiger partial charge in [0, 0.05) is 49.2 Å². The number of aromatic amines is 1. The number of benzene rings is 4. The quantitative estimate of drug-likeness (QED) is 0.0343. The van der Waals surface area contributed by atoms with Gasteiger partial charge in [0.25, 0.3) is 0 Å². The number of hydrogen-bond donors (Lipinski definition) is 10. The molecule has 8 amide bonds. The smallest absolute Gasteiger partial charge is 0.245 e. The maximum atomic E-state index is 14.8. The molecular weight excluding hydrogens is 993 g/mol. The first kappa shape index (κ1) is 59.0. The molecule has 0 aliphatic rings. The van der Waals surface area contributed by atoms with Crippen LogP contribution in [-0.2, 0) is 64.0 Å². The van der Waals surface area contributed by atoms with Crippen molar-refractivity contribution in [3.8, 4) is 11.5 Å². The first-order valence-electron chi connectivity index (χ1n) is 24.8. The van der Waals surface area contributed by atoms with Gasteiger partial charge in [-0.3, -0.25) is 43.3 Å². The fourth-order valence-corrected chi connectivity index (χ4v) is 9.02. The zero-order chi connectivity index (χ0) is 55.5. The summed E-state index contributed by atoms with van der Waals surface area (Å²) in [6.45, 7) is 2.67. The van der Waals surface area contributed by atoms with Crippen LogP contribution in [0.5, 0.6) is 11.5 Å². The van der Waals surface area contributed by atoms with E-state index in [2.05, 4.69) is 36.9 Å². The number of para-hydroxylation sites is 1. The summed E-state index contributed by atoms with van der Waals surface area (Å²) >= 11 is 1.27. The van der Waals surface area contributed by atoms with E-state index in [4.69, 9.17) is 5.73 Å². The van der Waals surface area contributed by atoms with Gasteiger partial charge in [0.2, 0.25) is 47.3 Å². The number of hydrogen-bond acceptors (Lipinski definition) is 12. The molecule has 0 saturated carbocycles. The predicted octanol–water partition coefficient (Wildman–Crippen LogP) is 1.67. The van der Waals surface area contributed by atoms with Crippen molar-refractivity contribution in [3.63, 3.8) is 0 Å². The van der Waals surface area contributed by atoms with Gasteiger partial charge in [0.15, 0.2) is 0 Å². The highest BCUT2D eigenvalue weighted by Crippen LogP contribution is 2.21. The van der Waals surface area contributed by atoms with Crippen molar-refractivity contribution in [1.29, 1.82) is 0 Å². The minimum atomic E-state index is -1.37. The van der Waals surface area contributed by atoms with Crippen LogP contribution < -0.4 is 37.6 Å². The molecule has 76 heavy (non-hydrogen) atoms. The third-order valence-corrected chi connectivity index (χ3v) is 13.1. The lowest BCUT2D eigenvalue weighted by Crippen LogP contribution is -2.60. The van der Waals surface area contributed by atoms with E-state index in [-0.39, 0.29) is 48.9 Å². The summed E-state index contributed by atoms with van der Waals surface area (Å²) in [7, 11) is 4.92. The number of primary amides is 1. The van der Waals surface area contributed by atoms with Crippen molar-refractivity contribution < 1.29 is 48.6 Å². The lowest BCUT2D eigenvalue weighted by atomic mass is 9.99. The van der Waals surface area contributed by atoms with Crippen molar-refractivity contribution in [3.05, 3.63) is 132 Å². The number of rotatable bonds is 28. The van der Waals surface area contributed by atoms with Gasteiger partial charge in [-0.25, -0.2) is 0 Å². The van der Waals surface area contributed by atoms with Crippen LogP contribution in [-0.4, -0.2) is 155 Å². The number of nitrogens with one attached hydrogen (secondary N) is 7. The third-order valence-electron chi connectivity index (χ3n) is 12.4. The number of carbonyl (C=O) groups is 8. The second-order valence-corrected chi connectivity index (χ2v) is 20.2. The Hall–Kier alpha value is -7.91. The number of amides is 8. The molecule has 0 saturated heterocycles. The van der Waals surface area contributed by atoms with Gasteiger partial charge in [-0.15, -0.1) is 0 Å². The highest BCUT2D eigenvalue weighted by atomic mass is 32.2. The summed E-state index contributed by atoms with van der Waals surface area (Å²) in [6.07, 6.45) is 3.72. The molecule has 11 N–H and O–H groups in total. The SMILES string of the molecule is CSC[C@H](NC(=O)[C@H](CC(C)C)NC(=O)[C@H](Cc1ccc(O)cc1)NC(=O)[C@H](Cc1c[nH]c2ccccc12)NC(=O)CN(C)C(=O)[C@H](Cc1ccc(O)cc1)NC(=O)[C@H](Cc1ccccc1)N(C)C)C(=O)NCC(N)=O. The van der Waals surface area contributed by atoms with Crippen LogP contribution in [0.2, 0.25) is 0 Å². The number of phenolic OH excluding ortho intramolecular Hbond substituents is 2. The first-order valence-corrected chi connectivity index (χ1v) is 26.2. The Morgan fingerprint density at radius 3 is 1.68 bits per heavy atom. The highest BCUT2D eigenvalue weighted by Gasteiger charge is 2.34. The topological polar surface area (TPSA) is 297 Å². The molecule has 0 aliphatic carbocycles. The van der Waals surface area contributed by atoms with Gasteiger partial charge in [-0.05, 0) is 91.7 Å². The maximum Gasteiger partial charge on any atom is 0.245 e. The molecule has 4 aromatic carbocycles. The van der Waals surface area contributed by atoms with Gasteiger partial charge in [-0.2, -0.15) is 11.8 Å². The fraction of sp³-hybridized carbons (Fsp3) is 0.382. The van der Waals surface area contributed by atoms with E-state index in [0.29, 0.717) is 23.1 Å². The molecule has 1 heterocycles. The standard InChI is InChI=1S/C55H70N10O10S/c1-33(2)24-42(51(71)63-46(32-76-6)50(70)58-30-48(56)68)60-52(72)43(25-35-16-20-38(66)21-17-35)61-53(73)44(28-37-29-57-41-15-11-10-14-40(37)41)59-49(69)31-65(5)55(75)45(26-36-18-22-39(67)23-19-36)62-54(74)47(64(3)4)27-34-12-8-7-9-13-34/h7-23,29,33,42-47,57,66-67H,24-28,30-32H2,1-6H3,(H2,56,68)(H,58,70)(H,59,69)(H,60,72)(H,61,73)(H,62,74)(H,63,71)/t42-,43-,44-,45-,46-,47-/m0/s1. The molecule has 0 fully saturated rings. The number of nitrogens with zero attached hydrogens (tertiary/aromatic N) is 2. The zero-order valence-corrected chi connectivity index (χ0v) is 44.4. The number of aromatic nitrogens is 1. The van der Waals surface area contributed by atoms with Crippen LogP contribution in [0.1, 0.15) is 42.5 Å². The van der Waals surface area contributed by atoms with Crippen molar-refractivity contribution in [1.82, 2.24) is 46.7 Å². The zero-order valence-electron chi connectivity index (χ0n) is 43.6. The Balaban J connectivity index is 1.41. The largest absolute Gasteiger partial charge is 0.508 e. The first-order chi connectivity index (χ1) is 36.2. The van der Waals surface area contributed by atoms with Crippen LogP contribution in [0, 0.1) is 5.92 Å². The Kier molecular flexibility index (Phi) is 22.3. The second kappa shape index (κ2) is 28.7. The number of H-pyrrole nitrogens is 1. The predicted molar refractivity (Wildman–Crippen MR) is 291 cm³/mol. The molecule has 0 radical (unpaired) electrons. The molecule has 0 spiro atoms. The van der Waals surface area contributed by atoms with Crippen LogP contribution in [0.3, 0.4) is 0 Å². The van der Waals surface area contributed by atoms with E-state index >= 15 is 0 Å². The summed E-state index contributed by atoms with van der Waals surface area (Å²) in [5, 5.41) is 37.1. The van der Waals surface area contributed by atoms with E-state index in [1.807, 2.05) is 68.4 Å². The Labute approximate surface area is 446 Å². The average Bonchev–Trinajstić information content (AvgIpc) is 3.79. The van der Waals surface area contributed by atoms with E-state index < -0.39 is 96.6 Å². The van der Waals surface area contributed by atoms with E-state index in [1.54, 1.807) is 55.7 Å². The number of carbonyl (C=O) groups excluding carboxylic acids is 8. The van der Waals surface area contributed by atoms with E-state index in [9.17, 15) is 48.6 Å². The lowest BCUT2D eigenvalue weighted by molar-refractivity contribution is -0.139. The normalized spacial score (nSPS) is 13.6. The monoisotopic (exact) mass is 1060 g/mol. The number of phenols is 2. The summed E-state index contributed by atoms with van der Waals surface area (Å²) < 4.78 is 0. The summed E-state index contributed by atoms with van der Waals surface area (Å²) in [5.41, 5.74) is 8.69. The van der Waals surface area contributed by atoms with Crippen molar-refractivity contribution >= 4 is 69.9 Å². The molecule has 0 unspecified atom stereocenters. The van der Waals surface area contributed by atoms with E-state index in [1.165, 1.54) is 43.1 Å². The molecule has 1 aromatic heterocycles. The minimum Gasteiger partial charge on any atom is -0.508 e. The molecular formula is C55H70N10O10S. The Morgan fingerprint density at radius 2 is 1.11 bits per heavy atom. The molecule has 20 nitrogen and oxygen atoms in total. The van der Waals surface area contributed by atoms with Gasteiger partial charge in [-0.1, -0.05) is 86.6 Å². The number of aromatic hydroxyl groups is 2. The van der Waals surface area contributed by atoms with Crippen LogP contribution in [0.25, 0.3) is 10.9 Å². The summed E-state index contributed by atoms with van der Waals surface area (Å²) in [5.74, 6) is -5.48. The molecule has 6 atom stereocenters. The summed E-state index contributed by atoms with van der Waals surface area (Å²) in [6, 6.07) is 22.1. The maximum absolute atomic E-state index is 14.8. The third kappa shape index (κ3) is 18.2. The second-order valence-electron chi connectivity index (χ2n) is 19.3. The van der Waals surface area contributed by atoms with Gasteiger partial charge in [0.05, 0.1) is 19.1 Å². The Bertz CT molecular complexity index is 2770.